The number of para-hydroxylation sites is 1. The van der Waals surface area contributed by atoms with Gasteiger partial charge in [0.25, 0.3) is 5.91 Å². The van der Waals surface area contributed by atoms with Gasteiger partial charge in [0, 0.05) is 23.6 Å². The van der Waals surface area contributed by atoms with Crippen molar-refractivity contribution in [1.29, 1.82) is 0 Å². The van der Waals surface area contributed by atoms with Gasteiger partial charge in [0.15, 0.2) is 0 Å². The number of aromatic nitrogens is 1. The summed E-state index contributed by atoms with van der Waals surface area (Å²) in [4.78, 5) is 27.2. The minimum absolute atomic E-state index is 0.149. The molecule has 29 heavy (non-hydrogen) atoms. The fourth-order valence-electron chi connectivity index (χ4n) is 2.79. The van der Waals surface area contributed by atoms with Crippen molar-refractivity contribution in [2.24, 2.45) is 0 Å². The van der Waals surface area contributed by atoms with Gasteiger partial charge in [0.05, 0.1) is 11.3 Å². The predicted molar refractivity (Wildman–Crippen MR) is 109 cm³/mol. The molecule has 0 aliphatic carbocycles. The fourth-order valence-corrected chi connectivity index (χ4v) is 3.55. The highest BCUT2D eigenvalue weighted by molar-refractivity contribution is 7.88. The van der Waals surface area contributed by atoms with E-state index in [0.717, 1.165) is 16.5 Å². The Kier molecular flexibility index (Phi) is 6.15. The van der Waals surface area contributed by atoms with E-state index in [1.54, 1.807) is 30.5 Å². The van der Waals surface area contributed by atoms with Gasteiger partial charge in [0.1, 0.15) is 0 Å². The third kappa shape index (κ3) is 5.33. The summed E-state index contributed by atoms with van der Waals surface area (Å²) in [6, 6.07) is 13.6. The Morgan fingerprint density at radius 3 is 2.55 bits per heavy atom. The van der Waals surface area contributed by atoms with E-state index in [1.807, 2.05) is 24.3 Å². The van der Waals surface area contributed by atoms with Crippen molar-refractivity contribution in [1.82, 2.24) is 25.9 Å². The molecule has 0 radical (unpaired) electrons. The molecule has 0 fully saturated rings. The number of carbonyl (C=O) groups excluding carboxylic acids is 2. The van der Waals surface area contributed by atoms with Crippen LogP contribution in [-0.4, -0.2) is 32.4 Å². The molecule has 0 unspecified atom stereocenters. The lowest BCUT2D eigenvalue weighted by molar-refractivity contribution is 0.0938. The fraction of sp³-hybridized carbons (Fsp3) is 0.158. The minimum Gasteiger partial charge on any atom is -0.360 e. The maximum absolute atomic E-state index is 12.3. The molecule has 0 spiro atoms. The minimum atomic E-state index is -3.38. The molecule has 3 aromatic rings. The SMILES string of the molecule is CNS(=O)(=O)Cc1cccc(CNC(=O)NNC(=O)c2c[nH]c3ccccc23)c1. The van der Waals surface area contributed by atoms with Crippen molar-refractivity contribution >= 4 is 32.9 Å². The molecule has 1 heterocycles. The van der Waals surface area contributed by atoms with E-state index in [1.165, 1.54) is 7.05 Å². The average molecular weight is 415 g/mol. The molecule has 0 aliphatic heterocycles. The summed E-state index contributed by atoms with van der Waals surface area (Å²) < 4.78 is 25.5. The van der Waals surface area contributed by atoms with E-state index in [-0.39, 0.29) is 12.3 Å². The van der Waals surface area contributed by atoms with E-state index in [0.29, 0.717) is 11.1 Å². The molecular formula is C19H21N5O4S. The molecule has 0 atom stereocenters. The number of sulfonamides is 1. The van der Waals surface area contributed by atoms with Crippen LogP contribution in [0.3, 0.4) is 0 Å². The second-order valence-corrected chi connectivity index (χ2v) is 8.22. The lowest BCUT2D eigenvalue weighted by Crippen LogP contribution is -2.46. The second kappa shape index (κ2) is 8.76. The Balaban J connectivity index is 1.52. The zero-order valence-electron chi connectivity index (χ0n) is 15.7. The van der Waals surface area contributed by atoms with Gasteiger partial charge in [-0.1, -0.05) is 42.5 Å². The maximum atomic E-state index is 12.3. The van der Waals surface area contributed by atoms with Gasteiger partial charge >= 0.3 is 6.03 Å². The Morgan fingerprint density at radius 1 is 1.00 bits per heavy atom. The largest absolute Gasteiger partial charge is 0.360 e. The van der Waals surface area contributed by atoms with E-state index in [2.05, 4.69) is 25.9 Å². The van der Waals surface area contributed by atoms with Crippen molar-refractivity contribution < 1.29 is 18.0 Å². The summed E-state index contributed by atoms with van der Waals surface area (Å²) in [6.07, 6.45) is 1.57. The Morgan fingerprint density at radius 2 is 1.76 bits per heavy atom. The lowest BCUT2D eigenvalue weighted by Gasteiger charge is -2.10. The first-order valence-corrected chi connectivity index (χ1v) is 10.4. The van der Waals surface area contributed by atoms with Crippen molar-refractivity contribution in [3.8, 4) is 0 Å². The molecule has 3 rings (SSSR count). The zero-order valence-corrected chi connectivity index (χ0v) is 16.5. The number of rotatable bonds is 6. The number of nitrogens with one attached hydrogen (secondary N) is 5. The molecule has 2 aromatic carbocycles. The quantitative estimate of drug-likeness (QED) is 0.389. The normalized spacial score (nSPS) is 11.2. The summed E-state index contributed by atoms with van der Waals surface area (Å²) in [5, 5.41) is 3.35. The standard InChI is InChI=1S/C19H21N5O4S/c1-20-29(27,28)12-14-6-4-5-13(9-14)10-22-19(26)24-23-18(25)16-11-21-17-8-3-2-7-15(16)17/h2-9,11,20-21H,10,12H2,1H3,(H,23,25)(H2,22,24,26). The maximum Gasteiger partial charge on any atom is 0.333 e. The molecule has 9 nitrogen and oxygen atoms in total. The van der Waals surface area contributed by atoms with Crippen LogP contribution in [-0.2, 0) is 22.3 Å². The molecule has 0 bridgehead atoms. The molecule has 0 aliphatic rings. The average Bonchev–Trinajstić information content (AvgIpc) is 3.15. The van der Waals surface area contributed by atoms with Crippen molar-refractivity contribution in [2.45, 2.75) is 12.3 Å². The third-order valence-electron chi connectivity index (χ3n) is 4.24. The number of hydrogen-bond acceptors (Lipinski definition) is 4. The van der Waals surface area contributed by atoms with Crippen LogP contribution >= 0.6 is 0 Å². The van der Waals surface area contributed by atoms with E-state index in [9.17, 15) is 18.0 Å². The topological polar surface area (TPSA) is 132 Å². The molecular weight excluding hydrogens is 394 g/mol. The van der Waals surface area contributed by atoms with Gasteiger partial charge in [-0.15, -0.1) is 0 Å². The van der Waals surface area contributed by atoms with Crippen LogP contribution < -0.4 is 20.9 Å². The van der Waals surface area contributed by atoms with Crippen molar-refractivity contribution in [3.63, 3.8) is 0 Å². The van der Waals surface area contributed by atoms with E-state index >= 15 is 0 Å². The summed E-state index contributed by atoms with van der Waals surface area (Å²) >= 11 is 0. The highest BCUT2D eigenvalue weighted by Crippen LogP contribution is 2.17. The number of benzene rings is 2. The molecule has 1 aromatic heterocycles. The van der Waals surface area contributed by atoms with Crippen LogP contribution in [0.5, 0.6) is 0 Å². The number of hydrazine groups is 1. The first-order chi connectivity index (χ1) is 13.9. The molecule has 0 saturated heterocycles. The van der Waals surface area contributed by atoms with Gasteiger partial charge in [-0.3, -0.25) is 10.2 Å². The number of hydrogen-bond donors (Lipinski definition) is 5. The summed E-state index contributed by atoms with van der Waals surface area (Å²) in [5.74, 6) is -0.596. The third-order valence-corrected chi connectivity index (χ3v) is 5.57. The van der Waals surface area contributed by atoms with Crippen molar-refractivity contribution in [3.05, 3.63) is 71.4 Å². The van der Waals surface area contributed by atoms with E-state index in [4.69, 9.17) is 0 Å². The van der Waals surface area contributed by atoms with Gasteiger partial charge in [-0.05, 0) is 24.2 Å². The number of amides is 3. The number of aromatic amines is 1. The van der Waals surface area contributed by atoms with Crippen LogP contribution in [0.4, 0.5) is 4.79 Å². The second-order valence-electron chi connectivity index (χ2n) is 6.29. The molecule has 10 heteroatoms. The number of fused-ring (bicyclic) bond motifs is 1. The Labute approximate surface area is 167 Å². The van der Waals surface area contributed by atoms with Crippen LogP contribution in [0.2, 0.25) is 0 Å². The highest BCUT2D eigenvalue weighted by atomic mass is 32.2. The molecule has 152 valence electrons. The first kappa shape index (κ1) is 20.4. The predicted octanol–water partition coefficient (Wildman–Crippen LogP) is 1.36. The molecule has 5 N–H and O–H groups in total. The highest BCUT2D eigenvalue weighted by Gasteiger charge is 2.12. The lowest BCUT2D eigenvalue weighted by atomic mass is 10.1. The van der Waals surface area contributed by atoms with Crippen LogP contribution in [0.15, 0.2) is 54.7 Å². The summed E-state index contributed by atoms with van der Waals surface area (Å²) in [5.41, 5.74) is 7.22. The first-order valence-electron chi connectivity index (χ1n) is 8.77. The van der Waals surface area contributed by atoms with Gasteiger partial charge in [-0.25, -0.2) is 23.4 Å². The number of urea groups is 1. The van der Waals surface area contributed by atoms with Gasteiger partial charge < -0.3 is 10.3 Å². The zero-order chi connectivity index (χ0) is 20.9. The monoisotopic (exact) mass is 415 g/mol. The Bertz CT molecular complexity index is 1140. The van der Waals surface area contributed by atoms with Crippen LogP contribution in [0, 0.1) is 0 Å². The van der Waals surface area contributed by atoms with Gasteiger partial charge in [0.2, 0.25) is 10.0 Å². The van der Waals surface area contributed by atoms with Crippen molar-refractivity contribution in [2.75, 3.05) is 7.05 Å². The smallest absolute Gasteiger partial charge is 0.333 e. The van der Waals surface area contributed by atoms with E-state index < -0.39 is 22.0 Å². The number of H-pyrrole nitrogens is 1. The Hall–Kier alpha value is -3.37. The van der Waals surface area contributed by atoms with Crippen LogP contribution in [0.25, 0.3) is 10.9 Å². The summed E-state index contributed by atoms with van der Waals surface area (Å²) in [6.45, 7) is 0.169. The molecule has 3 amide bonds. The molecule has 0 saturated carbocycles. The van der Waals surface area contributed by atoms with Crippen LogP contribution in [0.1, 0.15) is 21.5 Å². The summed E-state index contributed by atoms with van der Waals surface area (Å²) in [7, 11) is -2.02. The van der Waals surface area contributed by atoms with Gasteiger partial charge in [-0.2, -0.15) is 0 Å². The number of carbonyl (C=O) groups is 2.